The molecular weight excluding hydrogens is 228 g/mol. The molecule has 4 nitrogen and oxygen atoms in total. The number of amides is 3. The first-order valence-electron chi connectivity index (χ1n) is 7.27. The largest absolute Gasteiger partial charge is 0.334 e. The Bertz CT molecular complexity index is 376. The summed E-state index contributed by atoms with van der Waals surface area (Å²) >= 11 is 0. The van der Waals surface area contributed by atoms with E-state index in [4.69, 9.17) is 0 Å². The van der Waals surface area contributed by atoms with Crippen LogP contribution >= 0.6 is 0 Å². The van der Waals surface area contributed by atoms with Crippen LogP contribution < -0.4 is 5.32 Å². The van der Waals surface area contributed by atoms with Gasteiger partial charge in [0.1, 0.15) is 0 Å². The quantitative estimate of drug-likeness (QED) is 0.777. The molecular formula is C14H22N2O2. The van der Waals surface area contributed by atoms with Crippen molar-refractivity contribution < 1.29 is 9.59 Å². The molecule has 0 aromatic rings. The van der Waals surface area contributed by atoms with E-state index >= 15 is 0 Å². The number of hydrogen-bond donors (Lipinski definition) is 1. The molecule has 0 radical (unpaired) electrons. The first-order valence-corrected chi connectivity index (χ1v) is 7.27. The van der Waals surface area contributed by atoms with E-state index in [1.54, 1.807) is 4.90 Å². The number of hydrogen-bond acceptors (Lipinski definition) is 2. The van der Waals surface area contributed by atoms with Crippen LogP contribution in [0.15, 0.2) is 0 Å². The minimum absolute atomic E-state index is 0.0670. The molecule has 0 spiro atoms. The number of carbonyl (C=O) groups is 2. The number of fused-ring (bicyclic) bond motifs is 1. The Hall–Kier alpha value is -1.06. The molecule has 100 valence electrons. The van der Waals surface area contributed by atoms with E-state index in [0.29, 0.717) is 0 Å². The number of nitrogens with zero attached hydrogens (tertiary/aromatic N) is 1. The molecule has 1 N–H and O–H groups in total. The van der Waals surface area contributed by atoms with Crippen molar-refractivity contribution in [1.29, 1.82) is 0 Å². The number of rotatable bonds is 1. The minimum atomic E-state index is -0.342. The minimum Gasteiger partial charge on any atom is -0.334 e. The SMILES string of the molecule is CC12CCCC1NC(=O)N(C1CCCCC1)C2=O. The Balaban J connectivity index is 1.85. The smallest absolute Gasteiger partial charge is 0.324 e. The summed E-state index contributed by atoms with van der Waals surface area (Å²) in [5.41, 5.74) is -0.342. The van der Waals surface area contributed by atoms with Crippen molar-refractivity contribution in [2.24, 2.45) is 5.41 Å². The monoisotopic (exact) mass is 250 g/mol. The molecule has 2 aliphatic carbocycles. The predicted octanol–water partition coefficient (Wildman–Crippen LogP) is 2.43. The van der Waals surface area contributed by atoms with Crippen LogP contribution in [-0.4, -0.2) is 28.9 Å². The van der Waals surface area contributed by atoms with Crippen LogP contribution in [-0.2, 0) is 4.79 Å². The lowest BCUT2D eigenvalue weighted by Crippen LogP contribution is -2.65. The Morgan fingerprint density at radius 1 is 1.11 bits per heavy atom. The summed E-state index contributed by atoms with van der Waals surface area (Å²) < 4.78 is 0. The summed E-state index contributed by atoms with van der Waals surface area (Å²) in [5.74, 6) is 0.0839. The maximum Gasteiger partial charge on any atom is 0.324 e. The Morgan fingerprint density at radius 3 is 2.56 bits per heavy atom. The summed E-state index contributed by atoms with van der Waals surface area (Å²) in [4.78, 5) is 26.4. The van der Waals surface area contributed by atoms with E-state index in [1.165, 1.54) is 6.42 Å². The van der Waals surface area contributed by atoms with Gasteiger partial charge in [0.15, 0.2) is 0 Å². The molecule has 2 saturated carbocycles. The Morgan fingerprint density at radius 2 is 1.83 bits per heavy atom. The third kappa shape index (κ3) is 1.65. The lowest BCUT2D eigenvalue weighted by Gasteiger charge is -2.44. The van der Waals surface area contributed by atoms with Gasteiger partial charge in [-0.05, 0) is 32.6 Å². The van der Waals surface area contributed by atoms with Gasteiger partial charge in [-0.1, -0.05) is 25.7 Å². The van der Waals surface area contributed by atoms with Crippen molar-refractivity contribution in [2.75, 3.05) is 0 Å². The van der Waals surface area contributed by atoms with E-state index in [-0.39, 0.29) is 29.4 Å². The fraction of sp³-hybridized carbons (Fsp3) is 0.857. The van der Waals surface area contributed by atoms with Gasteiger partial charge >= 0.3 is 6.03 Å². The van der Waals surface area contributed by atoms with Gasteiger partial charge in [-0.15, -0.1) is 0 Å². The lowest BCUT2D eigenvalue weighted by atomic mass is 9.80. The first kappa shape index (κ1) is 12.0. The zero-order valence-electron chi connectivity index (χ0n) is 11.1. The van der Waals surface area contributed by atoms with Crippen LogP contribution in [0, 0.1) is 5.41 Å². The van der Waals surface area contributed by atoms with E-state index in [1.807, 2.05) is 6.92 Å². The Kier molecular flexibility index (Phi) is 2.83. The molecule has 3 aliphatic rings. The molecule has 1 heterocycles. The predicted molar refractivity (Wildman–Crippen MR) is 68.0 cm³/mol. The number of urea groups is 1. The van der Waals surface area contributed by atoms with Gasteiger partial charge in [0.2, 0.25) is 5.91 Å². The van der Waals surface area contributed by atoms with Crippen LogP contribution in [0.4, 0.5) is 4.79 Å². The van der Waals surface area contributed by atoms with Crippen LogP contribution in [0.25, 0.3) is 0 Å². The summed E-state index contributed by atoms with van der Waals surface area (Å²) in [5, 5.41) is 3.06. The number of carbonyl (C=O) groups excluding carboxylic acids is 2. The second-order valence-corrected chi connectivity index (χ2v) is 6.28. The number of nitrogens with one attached hydrogen (secondary N) is 1. The van der Waals surface area contributed by atoms with Crippen molar-refractivity contribution >= 4 is 11.9 Å². The zero-order valence-corrected chi connectivity index (χ0v) is 11.1. The van der Waals surface area contributed by atoms with Gasteiger partial charge in [-0.2, -0.15) is 0 Å². The van der Waals surface area contributed by atoms with Crippen LogP contribution in [0.3, 0.4) is 0 Å². The highest BCUT2D eigenvalue weighted by Crippen LogP contribution is 2.43. The van der Waals surface area contributed by atoms with E-state index in [0.717, 1.165) is 44.9 Å². The summed E-state index contributed by atoms with van der Waals surface area (Å²) in [6.45, 7) is 2.03. The molecule has 18 heavy (non-hydrogen) atoms. The van der Waals surface area contributed by atoms with E-state index in [9.17, 15) is 9.59 Å². The van der Waals surface area contributed by atoms with Gasteiger partial charge in [0.25, 0.3) is 0 Å². The van der Waals surface area contributed by atoms with Crippen molar-refractivity contribution in [3.63, 3.8) is 0 Å². The molecule has 2 unspecified atom stereocenters. The third-order valence-electron chi connectivity index (χ3n) is 5.12. The van der Waals surface area contributed by atoms with Crippen molar-refractivity contribution in [3.05, 3.63) is 0 Å². The average molecular weight is 250 g/mol. The van der Waals surface area contributed by atoms with Gasteiger partial charge in [0, 0.05) is 12.1 Å². The molecule has 3 amide bonds. The highest BCUT2D eigenvalue weighted by atomic mass is 16.2. The maximum atomic E-state index is 12.7. The van der Waals surface area contributed by atoms with Crippen molar-refractivity contribution in [2.45, 2.75) is 70.4 Å². The van der Waals surface area contributed by atoms with E-state index in [2.05, 4.69) is 5.32 Å². The summed E-state index contributed by atoms with van der Waals surface area (Å²) in [6, 6.07) is 0.0678. The fourth-order valence-electron chi connectivity index (χ4n) is 3.91. The average Bonchev–Trinajstić information content (AvgIpc) is 2.74. The van der Waals surface area contributed by atoms with E-state index < -0.39 is 0 Å². The van der Waals surface area contributed by atoms with Gasteiger partial charge in [-0.25, -0.2) is 4.79 Å². The van der Waals surface area contributed by atoms with Crippen molar-refractivity contribution in [1.82, 2.24) is 10.2 Å². The molecule has 0 aromatic heterocycles. The third-order valence-corrected chi connectivity index (χ3v) is 5.12. The van der Waals surface area contributed by atoms with Crippen LogP contribution in [0.1, 0.15) is 58.3 Å². The first-order chi connectivity index (χ1) is 8.63. The Labute approximate surface area is 108 Å². The molecule has 3 fully saturated rings. The van der Waals surface area contributed by atoms with Gasteiger partial charge in [-0.3, -0.25) is 9.69 Å². The molecule has 2 atom stereocenters. The lowest BCUT2D eigenvalue weighted by molar-refractivity contribution is -0.143. The molecule has 3 rings (SSSR count). The summed E-state index contributed by atoms with van der Waals surface area (Å²) in [7, 11) is 0. The highest BCUT2D eigenvalue weighted by Gasteiger charge is 2.54. The normalized spacial score (nSPS) is 37.6. The molecule has 0 aromatic carbocycles. The molecule has 0 bridgehead atoms. The zero-order chi connectivity index (χ0) is 12.8. The standard InChI is InChI=1S/C14H22N2O2/c1-14-9-5-8-11(14)15-13(18)16(12(14)17)10-6-3-2-4-7-10/h10-11H,2-9H2,1H3,(H,15,18). The fourth-order valence-corrected chi connectivity index (χ4v) is 3.91. The highest BCUT2D eigenvalue weighted by molar-refractivity contribution is 6.01. The molecule has 1 aliphatic heterocycles. The van der Waals surface area contributed by atoms with Crippen LogP contribution in [0.5, 0.6) is 0 Å². The molecule has 1 saturated heterocycles. The second kappa shape index (κ2) is 4.25. The van der Waals surface area contributed by atoms with Crippen LogP contribution in [0.2, 0.25) is 0 Å². The second-order valence-electron chi connectivity index (χ2n) is 6.28. The van der Waals surface area contributed by atoms with Crippen molar-refractivity contribution in [3.8, 4) is 0 Å². The summed E-state index contributed by atoms with van der Waals surface area (Å²) in [6.07, 6.45) is 8.40. The van der Waals surface area contributed by atoms with Gasteiger partial charge < -0.3 is 5.32 Å². The number of imide groups is 1. The molecule has 4 heteroatoms. The maximum absolute atomic E-state index is 12.7. The topological polar surface area (TPSA) is 49.4 Å². The van der Waals surface area contributed by atoms with Gasteiger partial charge in [0.05, 0.1) is 5.41 Å².